The first-order valence-corrected chi connectivity index (χ1v) is 24.5. The van der Waals surface area contributed by atoms with Crippen molar-refractivity contribution in [1.29, 1.82) is 0 Å². The van der Waals surface area contributed by atoms with Crippen LogP contribution in [0.25, 0.3) is 113 Å². The molecule has 0 atom stereocenters. The molecule has 2 nitrogen and oxygen atoms in total. The lowest BCUT2D eigenvalue weighted by Gasteiger charge is -2.26. The van der Waals surface area contributed by atoms with E-state index in [2.05, 4.69) is 264 Å². The van der Waals surface area contributed by atoms with Crippen molar-refractivity contribution >= 4 is 103 Å². The molecule has 0 bridgehead atoms. The summed E-state index contributed by atoms with van der Waals surface area (Å²) in [6.45, 7) is 0. The summed E-state index contributed by atoms with van der Waals surface area (Å²) in [7, 11) is 0. The number of rotatable bonds is 7. The minimum absolute atomic E-state index is 1.10. The summed E-state index contributed by atoms with van der Waals surface area (Å²) >= 11 is 1.89. The van der Waals surface area contributed by atoms with Crippen LogP contribution in [-0.2, 0) is 0 Å². The molecule has 14 rings (SSSR count). The summed E-state index contributed by atoms with van der Waals surface area (Å²) in [5.41, 5.74) is 14.1. The third-order valence-electron chi connectivity index (χ3n) is 14.2. The van der Waals surface area contributed by atoms with Gasteiger partial charge < -0.3 is 9.47 Å². The van der Waals surface area contributed by atoms with Gasteiger partial charge in [-0.2, -0.15) is 0 Å². The van der Waals surface area contributed by atoms with Gasteiger partial charge in [-0.3, -0.25) is 0 Å². The maximum atomic E-state index is 2.44. The minimum Gasteiger partial charge on any atom is -0.309 e. The van der Waals surface area contributed by atoms with Gasteiger partial charge in [0.2, 0.25) is 0 Å². The Morgan fingerprint density at radius 2 is 0.812 bits per heavy atom. The first-order valence-electron chi connectivity index (χ1n) is 23.7. The van der Waals surface area contributed by atoms with E-state index in [1.807, 2.05) is 11.3 Å². The molecule has 0 saturated carbocycles. The van der Waals surface area contributed by atoms with E-state index in [0.29, 0.717) is 0 Å². The zero-order valence-electron chi connectivity index (χ0n) is 37.6. The molecule has 69 heavy (non-hydrogen) atoms. The smallest absolute Gasteiger partial charge is 0.0640 e. The zero-order valence-corrected chi connectivity index (χ0v) is 38.4. The van der Waals surface area contributed by atoms with Crippen molar-refractivity contribution in [3.05, 3.63) is 255 Å². The van der Waals surface area contributed by atoms with Crippen LogP contribution in [0.2, 0.25) is 0 Å². The Balaban J connectivity index is 0.878. The zero-order chi connectivity index (χ0) is 45.4. The molecule has 0 aliphatic rings. The monoisotopic (exact) mass is 894 g/mol. The molecule has 2 aromatic heterocycles. The molecule has 0 fully saturated rings. The summed E-state index contributed by atoms with van der Waals surface area (Å²) in [6.07, 6.45) is 0. The summed E-state index contributed by atoms with van der Waals surface area (Å²) in [5, 5.41) is 12.7. The number of fused-ring (bicyclic) bond motifs is 11. The third kappa shape index (κ3) is 6.47. The molecule has 3 heteroatoms. The van der Waals surface area contributed by atoms with Crippen LogP contribution in [0.5, 0.6) is 0 Å². The molecule has 0 spiro atoms. The average Bonchev–Trinajstić information content (AvgIpc) is 3.98. The van der Waals surface area contributed by atoms with Gasteiger partial charge in [0.15, 0.2) is 0 Å². The quantitative estimate of drug-likeness (QED) is 0.145. The molecular weight excluding hydrogens is 853 g/mol. The highest BCUT2D eigenvalue weighted by Gasteiger charge is 2.20. The lowest BCUT2D eigenvalue weighted by Crippen LogP contribution is -2.10. The van der Waals surface area contributed by atoms with E-state index < -0.39 is 0 Å². The number of anilines is 3. The summed E-state index contributed by atoms with van der Waals surface area (Å²) in [4.78, 5) is 2.44. The maximum absolute atomic E-state index is 2.44. The Bertz CT molecular complexity index is 4260. The molecule has 0 aliphatic carbocycles. The highest BCUT2D eigenvalue weighted by molar-refractivity contribution is 7.27. The van der Waals surface area contributed by atoms with Crippen LogP contribution in [0, 0.1) is 0 Å². The van der Waals surface area contributed by atoms with Crippen LogP contribution in [0.15, 0.2) is 255 Å². The van der Waals surface area contributed by atoms with E-state index in [9.17, 15) is 0 Å². The van der Waals surface area contributed by atoms with E-state index in [1.165, 1.54) is 108 Å². The SMILES string of the molecule is c1cc(-c2ccc(N(c3ccc(-c4cccc(-n5c6ccccc6c6ccccc65)c4)cc3)c3cccc4c3sc3c5ccccc5ccc43)cc2)cc(-c2cc3ccccc3c3ccccc23)c1. The van der Waals surface area contributed by atoms with Gasteiger partial charge in [-0.05, 0) is 132 Å². The van der Waals surface area contributed by atoms with E-state index >= 15 is 0 Å². The molecule has 12 aromatic carbocycles. The highest BCUT2D eigenvalue weighted by atomic mass is 32.1. The fourth-order valence-corrected chi connectivity index (χ4v) is 12.2. The average molecular weight is 895 g/mol. The number of hydrogen-bond donors (Lipinski definition) is 0. The largest absolute Gasteiger partial charge is 0.309 e. The van der Waals surface area contributed by atoms with Gasteiger partial charge >= 0.3 is 0 Å². The van der Waals surface area contributed by atoms with Gasteiger partial charge in [0, 0.05) is 43.3 Å². The van der Waals surface area contributed by atoms with E-state index in [4.69, 9.17) is 0 Å². The van der Waals surface area contributed by atoms with Gasteiger partial charge in [0.05, 0.1) is 21.4 Å². The Hall–Kier alpha value is -8.76. The fourth-order valence-electron chi connectivity index (χ4n) is 10.9. The van der Waals surface area contributed by atoms with E-state index in [0.717, 1.165) is 22.7 Å². The second-order valence-electron chi connectivity index (χ2n) is 18.0. The Labute approximate surface area is 403 Å². The predicted octanol–water partition coefficient (Wildman–Crippen LogP) is 19.1. The number of nitrogens with zero attached hydrogens (tertiary/aromatic N) is 2. The topological polar surface area (TPSA) is 8.17 Å². The number of benzene rings is 12. The Kier molecular flexibility index (Phi) is 9.11. The standard InChI is InChI=1S/C66H42N2S/c1-4-21-54-45(14-1)34-39-60-59-26-13-29-64(66(59)69-65(54)60)67(51-37-32-44(33-38-51)47-17-12-19-52(41-47)68-62-27-9-7-24-57(62)58-25-8-10-28-63(58)68)50-35-30-43(31-36-50)46-16-11-18-48(40-46)61-42-49-15-2-3-20-53(49)55-22-5-6-23-56(55)61/h1-42H. The summed E-state index contributed by atoms with van der Waals surface area (Å²) in [6, 6.07) is 93.7. The van der Waals surface area contributed by atoms with Crippen molar-refractivity contribution in [2.75, 3.05) is 4.90 Å². The minimum atomic E-state index is 1.10. The van der Waals surface area contributed by atoms with Crippen molar-refractivity contribution < 1.29 is 0 Å². The van der Waals surface area contributed by atoms with Crippen molar-refractivity contribution in [3.63, 3.8) is 0 Å². The maximum Gasteiger partial charge on any atom is 0.0640 e. The van der Waals surface area contributed by atoms with Crippen molar-refractivity contribution in [3.8, 4) is 39.1 Å². The molecular formula is C66H42N2S. The van der Waals surface area contributed by atoms with Crippen LogP contribution in [0.4, 0.5) is 17.1 Å². The van der Waals surface area contributed by atoms with Gasteiger partial charge in [-0.1, -0.05) is 188 Å². The van der Waals surface area contributed by atoms with Crippen LogP contribution in [-0.4, -0.2) is 4.57 Å². The molecule has 0 aliphatic heterocycles. The number of thiophene rings is 1. The molecule has 2 heterocycles. The Morgan fingerprint density at radius 3 is 1.52 bits per heavy atom. The fraction of sp³-hybridized carbons (Fsp3) is 0. The molecule has 0 radical (unpaired) electrons. The molecule has 0 unspecified atom stereocenters. The first-order chi connectivity index (χ1) is 34.2. The summed E-state index contributed by atoms with van der Waals surface area (Å²) in [5.74, 6) is 0. The second-order valence-corrected chi connectivity index (χ2v) is 19.1. The number of hydrogen-bond acceptors (Lipinski definition) is 2. The third-order valence-corrected chi connectivity index (χ3v) is 15.4. The Morgan fingerprint density at radius 1 is 0.290 bits per heavy atom. The first kappa shape index (κ1) is 39.4. The van der Waals surface area contributed by atoms with Gasteiger partial charge in [0.25, 0.3) is 0 Å². The van der Waals surface area contributed by atoms with Crippen LogP contribution in [0.3, 0.4) is 0 Å². The van der Waals surface area contributed by atoms with Gasteiger partial charge in [-0.15, -0.1) is 11.3 Å². The van der Waals surface area contributed by atoms with E-state index in [-0.39, 0.29) is 0 Å². The van der Waals surface area contributed by atoms with E-state index in [1.54, 1.807) is 0 Å². The normalized spacial score (nSPS) is 11.8. The van der Waals surface area contributed by atoms with Crippen LogP contribution >= 0.6 is 11.3 Å². The van der Waals surface area contributed by atoms with Crippen LogP contribution in [0.1, 0.15) is 0 Å². The molecule has 0 N–H and O–H groups in total. The lowest BCUT2D eigenvalue weighted by atomic mass is 9.92. The van der Waals surface area contributed by atoms with Gasteiger partial charge in [-0.25, -0.2) is 0 Å². The lowest BCUT2D eigenvalue weighted by molar-refractivity contribution is 1.18. The van der Waals surface area contributed by atoms with Crippen molar-refractivity contribution in [2.24, 2.45) is 0 Å². The van der Waals surface area contributed by atoms with Crippen molar-refractivity contribution in [1.82, 2.24) is 4.57 Å². The molecule has 0 amide bonds. The summed E-state index contributed by atoms with van der Waals surface area (Å²) < 4.78 is 4.99. The predicted molar refractivity (Wildman–Crippen MR) is 297 cm³/mol. The number of para-hydroxylation sites is 2. The van der Waals surface area contributed by atoms with Crippen LogP contribution < -0.4 is 4.90 Å². The molecule has 322 valence electrons. The molecule has 14 aromatic rings. The van der Waals surface area contributed by atoms with Crippen molar-refractivity contribution in [2.45, 2.75) is 0 Å². The highest BCUT2D eigenvalue weighted by Crippen LogP contribution is 2.47. The van der Waals surface area contributed by atoms with Gasteiger partial charge in [0.1, 0.15) is 0 Å². The second kappa shape index (κ2) is 16.0. The molecule has 0 saturated heterocycles. The number of aromatic nitrogens is 1.